The first-order valence-electron chi connectivity index (χ1n) is 6.51. The molecular weight excluding hydrogens is 319 g/mol. The van der Waals surface area contributed by atoms with Crippen molar-refractivity contribution in [3.8, 4) is 0 Å². The van der Waals surface area contributed by atoms with Crippen molar-refractivity contribution in [1.29, 1.82) is 0 Å². The van der Waals surface area contributed by atoms with Gasteiger partial charge in [0.2, 0.25) is 10.0 Å². The van der Waals surface area contributed by atoms with Crippen LogP contribution in [0, 0.1) is 11.7 Å². The lowest BCUT2D eigenvalue weighted by molar-refractivity contribution is 0.0692. The molecule has 0 spiro atoms. The number of likely N-dealkylation sites (tertiary alicyclic amines) is 1. The van der Waals surface area contributed by atoms with Crippen LogP contribution in [-0.2, 0) is 10.0 Å². The number of piperidine rings is 1. The van der Waals surface area contributed by atoms with E-state index in [1.807, 2.05) is 0 Å². The molecule has 2 rings (SSSR count). The molecule has 1 aromatic rings. The third-order valence-corrected chi connectivity index (χ3v) is 5.00. The molecule has 1 amide bonds. The minimum absolute atomic E-state index is 0.321. The highest BCUT2D eigenvalue weighted by Crippen LogP contribution is 2.26. The first-order valence-corrected chi connectivity index (χ1v) is 8.43. The van der Waals surface area contributed by atoms with Crippen molar-refractivity contribution in [2.45, 2.75) is 24.7 Å². The van der Waals surface area contributed by atoms with Crippen LogP contribution in [0.1, 0.15) is 30.1 Å². The maximum absolute atomic E-state index is 13.9. The van der Waals surface area contributed by atoms with Gasteiger partial charge in [-0.05, 0) is 30.9 Å². The van der Waals surface area contributed by atoms with Crippen LogP contribution in [0.4, 0.5) is 4.39 Å². The lowest BCUT2D eigenvalue weighted by Crippen LogP contribution is -2.38. The van der Waals surface area contributed by atoms with Crippen LogP contribution >= 0.6 is 11.6 Å². The van der Waals surface area contributed by atoms with Gasteiger partial charge in [0.25, 0.3) is 5.91 Å². The van der Waals surface area contributed by atoms with E-state index in [-0.39, 0.29) is 10.6 Å². The molecular formula is C13H16ClFN2O3S. The van der Waals surface area contributed by atoms with E-state index in [9.17, 15) is 17.6 Å². The number of carbonyl (C=O) groups is 1. The normalized spacial score (nSPS) is 17.0. The zero-order chi connectivity index (χ0) is 15.8. The van der Waals surface area contributed by atoms with Crippen molar-refractivity contribution < 1.29 is 17.6 Å². The number of nitrogens with zero attached hydrogens (tertiary/aromatic N) is 1. The number of rotatable bonds is 2. The topological polar surface area (TPSA) is 80.5 Å². The molecule has 1 saturated heterocycles. The number of amides is 1. The first-order chi connectivity index (χ1) is 9.70. The maximum Gasteiger partial charge on any atom is 0.256 e. The van der Waals surface area contributed by atoms with Crippen LogP contribution < -0.4 is 5.14 Å². The zero-order valence-corrected chi connectivity index (χ0v) is 13.0. The number of hydrogen-bond donors (Lipinski definition) is 1. The average Bonchev–Trinajstić information content (AvgIpc) is 2.37. The summed E-state index contributed by atoms with van der Waals surface area (Å²) in [5, 5.41) is 4.68. The Morgan fingerprint density at radius 3 is 2.48 bits per heavy atom. The average molecular weight is 335 g/mol. The number of carbonyl (C=O) groups excluding carboxylic acids is 1. The summed E-state index contributed by atoms with van der Waals surface area (Å²) in [6.07, 6.45) is 1.67. The smallest absolute Gasteiger partial charge is 0.256 e. The Labute approximate surface area is 127 Å². The van der Waals surface area contributed by atoms with Gasteiger partial charge in [-0.2, -0.15) is 0 Å². The van der Waals surface area contributed by atoms with Crippen LogP contribution in [0.25, 0.3) is 0 Å². The molecule has 1 aliphatic rings. The maximum atomic E-state index is 13.9. The van der Waals surface area contributed by atoms with Crippen molar-refractivity contribution in [2.24, 2.45) is 11.1 Å². The Kier molecular flexibility index (Phi) is 4.55. The molecule has 8 heteroatoms. The fourth-order valence-corrected chi connectivity index (χ4v) is 3.38. The van der Waals surface area contributed by atoms with Crippen molar-refractivity contribution in [1.82, 2.24) is 4.90 Å². The molecule has 1 fully saturated rings. The summed E-state index contributed by atoms with van der Waals surface area (Å²) in [7, 11) is -4.12. The van der Waals surface area contributed by atoms with E-state index in [0.29, 0.717) is 19.0 Å². The second kappa shape index (κ2) is 5.90. The Hall–Kier alpha value is -1.18. The highest BCUT2D eigenvalue weighted by molar-refractivity contribution is 7.89. The highest BCUT2D eigenvalue weighted by Gasteiger charge is 2.26. The molecule has 116 valence electrons. The fraction of sp³-hybridized carbons (Fsp3) is 0.462. The number of benzene rings is 1. The molecule has 0 saturated carbocycles. The minimum atomic E-state index is -4.12. The molecule has 0 bridgehead atoms. The minimum Gasteiger partial charge on any atom is -0.339 e. The summed E-state index contributed by atoms with van der Waals surface area (Å²) in [6, 6.07) is 1.72. The van der Waals surface area contributed by atoms with Crippen LogP contribution in [-0.4, -0.2) is 32.3 Å². The Balaban J connectivity index is 2.37. The zero-order valence-electron chi connectivity index (χ0n) is 11.5. The third-order valence-electron chi connectivity index (χ3n) is 3.63. The molecule has 2 N–H and O–H groups in total. The van der Waals surface area contributed by atoms with Gasteiger partial charge < -0.3 is 4.90 Å². The van der Waals surface area contributed by atoms with E-state index in [1.54, 1.807) is 0 Å². The van der Waals surface area contributed by atoms with Gasteiger partial charge in [0.1, 0.15) is 10.7 Å². The summed E-state index contributed by atoms with van der Waals surface area (Å²) in [5.41, 5.74) is -0.321. The number of hydrogen-bond acceptors (Lipinski definition) is 3. The number of halogens is 2. The van der Waals surface area contributed by atoms with Crippen molar-refractivity contribution in [2.75, 3.05) is 13.1 Å². The third kappa shape index (κ3) is 3.53. The summed E-state index contributed by atoms with van der Waals surface area (Å²) < 4.78 is 36.7. The molecule has 1 aromatic carbocycles. The predicted molar refractivity (Wildman–Crippen MR) is 77.1 cm³/mol. The molecule has 0 aromatic heterocycles. The number of sulfonamides is 1. The van der Waals surface area contributed by atoms with E-state index < -0.39 is 26.6 Å². The molecule has 0 radical (unpaired) electrons. The van der Waals surface area contributed by atoms with E-state index in [1.165, 1.54) is 4.90 Å². The number of primary sulfonamides is 1. The van der Waals surface area contributed by atoms with Gasteiger partial charge >= 0.3 is 0 Å². The Bertz CT molecular complexity index is 670. The second-order valence-corrected chi connectivity index (χ2v) is 7.22. The van der Waals surface area contributed by atoms with E-state index in [0.717, 1.165) is 25.0 Å². The lowest BCUT2D eigenvalue weighted by atomic mass is 9.98. The monoisotopic (exact) mass is 334 g/mol. The molecule has 0 unspecified atom stereocenters. The number of nitrogens with two attached hydrogens (primary N) is 1. The second-order valence-electron chi connectivity index (χ2n) is 5.28. The van der Waals surface area contributed by atoms with Crippen LogP contribution in [0.5, 0.6) is 0 Å². The Morgan fingerprint density at radius 2 is 1.95 bits per heavy atom. The van der Waals surface area contributed by atoms with Crippen molar-refractivity contribution in [3.05, 3.63) is 28.5 Å². The highest BCUT2D eigenvalue weighted by atomic mass is 35.5. The van der Waals surface area contributed by atoms with Gasteiger partial charge in [-0.3, -0.25) is 4.79 Å². The van der Waals surface area contributed by atoms with E-state index >= 15 is 0 Å². The molecule has 1 aliphatic heterocycles. The SMILES string of the molecule is CC1CCN(C(=O)c2cc(S(N)(=O)=O)c(Cl)cc2F)CC1. The van der Waals surface area contributed by atoms with Gasteiger partial charge in [-0.15, -0.1) is 0 Å². The predicted octanol–water partition coefficient (Wildman–Crippen LogP) is 2.00. The van der Waals surface area contributed by atoms with Crippen molar-refractivity contribution in [3.63, 3.8) is 0 Å². The van der Waals surface area contributed by atoms with Crippen LogP contribution in [0.15, 0.2) is 17.0 Å². The summed E-state index contributed by atoms with van der Waals surface area (Å²) in [4.78, 5) is 13.4. The molecule has 5 nitrogen and oxygen atoms in total. The van der Waals surface area contributed by atoms with Gasteiger partial charge in [-0.1, -0.05) is 18.5 Å². The Morgan fingerprint density at radius 1 is 1.38 bits per heavy atom. The van der Waals surface area contributed by atoms with Crippen molar-refractivity contribution >= 4 is 27.5 Å². The molecule has 0 aliphatic carbocycles. The summed E-state index contributed by atoms with van der Waals surface area (Å²) in [5.74, 6) is -0.874. The largest absolute Gasteiger partial charge is 0.339 e. The van der Waals surface area contributed by atoms with Gasteiger partial charge in [0, 0.05) is 13.1 Å². The molecule has 21 heavy (non-hydrogen) atoms. The van der Waals surface area contributed by atoms with Gasteiger partial charge in [0.05, 0.1) is 10.6 Å². The van der Waals surface area contributed by atoms with Gasteiger partial charge in [0.15, 0.2) is 0 Å². The first kappa shape index (κ1) is 16.2. The summed E-state index contributed by atoms with van der Waals surface area (Å²) >= 11 is 5.67. The van der Waals surface area contributed by atoms with Crippen LogP contribution in [0.2, 0.25) is 5.02 Å². The molecule has 1 heterocycles. The fourth-order valence-electron chi connectivity index (χ4n) is 2.29. The van der Waals surface area contributed by atoms with E-state index in [4.69, 9.17) is 16.7 Å². The standard InChI is InChI=1S/C13H16ClFN2O3S/c1-8-2-4-17(5-3-8)13(18)9-6-12(21(16,19)20)10(14)7-11(9)15/h6-8H,2-5H2,1H3,(H2,16,19,20). The quantitative estimate of drug-likeness (QED) is 0.898. The van der Waals surface area contributed by atoms with Crippen LogP contribution in [0.3, 0.4) is 0 Å². The summed E-state index contributed by atoms with van der Waals surface area (Å²) in [6.45, 7) is 3.13. The van der Waals surface area contributed by atoms with Gasteiger partial charge in [-0.25, -0.2) is 17.9 Å². The lowest BCUT2D eigenvalue weighted by Gasteiger charge is -2.30. The van der Waals surface area contributed by atoms with E-state index in [2.05, 4.69) is 6.92 Å². The molecule has 0 atom stereocenters.